The van der Waals surface area contributed by atoms with Crippen molar-refractivity contribution in [1.82, 2.24) is 9.80 Å². The Labute approximate surface area is 143 Å². The van der Waals surface area contributed by atoms with Crippen molar-refractivity contribution in [3.63, 3.8) is 0 Å². The molecule has 0 radical (unpaired) electrons. The molecule has 1 heterocycles. The van der Waals surface area contributed by atoms with Gasteiger partial charge in [-0.1, -0.05) is 32.9 Å². The standard InChI is InChI=1S/C19H27FN2O2/c1-19(2,3)14-18(24)22-9-5-8-21(10-11-22)17(23)13-15-6-4-7-16(20)12-15/h4,6-7,12H,5,8-11,13-14H2,1-3H3. The summed E-state index contributed by atoms with van der Waals surface area (Å²) in [7, 11) is 0. The lowest BCUT2D eigenvalue weighted by molar-refractivity contribution is -0.134. The van der Waals surface area contributed by atoms with Crippen LogP contribution in [0.1, 0.15) is 39.2 Å². The first-order valence-electron chi connectivity index (χ1n) is 8.54. The predicted octanol–water partition coefficient (Wildman–Crippen LogP) is 2.87. The van der Waals surface area contributed by atoms with E-state index in [4.69, 9.17) is 0 Å². The predicted molar refractivity (Wildman–Crippen MR) is 92.0 cm³/mol. The first kappa shape index (κ1) is 18.4. The van der Waals surface area contributed by atoms with E-state index in [9.17, 15) is 14.0 Å². The highest BCUT2D eigenvalue weighted by Crippen LogP contribution is 2.20. The van der Waals surface area contributed by atoms with Crippen molar-refractivity contribution in [1.29, 1.82) is 0 Å². The first-order valence-corrected chi connectivity index (χ1v) is 8.54. The molecule has 0 spiro atoms. The zero-order valence-corrected chi connectivity index (χ0v) is 14.8. The number of hydrogen-bond donors (Lipinski definition) is 0. The van der Waals surface area contributed by atoms with Crippen molar-refractivity contribution in [2.45, 2.75) is 40.0 Å². The molecule has 0 saturated carbocycles. The van der Waals surface area contributed by atoms with Crippen LogP contribution in [-0.2, 0) is 16.0 Å². The van der Waals surface area contributed by atoms with E-state index in [2.05, 4.69) is 20.8 Å². The monoisotopic (exact) mass is 334 g/mol. The summed E-state index contributed by atoms with van der Waals surface area (Å²) < 4.78 is 13.2. The van der Waals surface area contributed by atoms with Gasteiger partial charge in [0.25, 0.3) is 0 Å². The van der Waals surface area contributed by atoms with Crippen molar-refractivity contribution in [2.75, 3.05) is 26.2 Å². The number of nitrogens with zero attached hydrogens (tertiary/aromatic N) is 2. The lowest BCUT2D eigenvalue weighted by Crippen LogP contribution is -2.38. The van der Waals surface area contributed by atoms with E-state index >= 15 is 0 Å². The molecular formula is C19H27FN2O2. The van der Waals surface area contributed by atoms with Gasteiger partial charge in [-0.15, -0.1) is 0 Å². The molecule has 2 rings (SSSR count). The van der Waals surface area contributed by atoms with Gasteiger partial charge in [0.05, 0.1) is 6.42 Å². The SMILES string of the molecule is CC(C)(C)CC(=O)N1CCCN(C(=O)Cc2cccc(F)c2)CC1. The van der Waals surface area contributed by atoms with Gasteiger partial charge >= 0.3 is 0 Å². The molecule has 0 bridgehead atoms. The maximum Gasteiger partial charge on any atom is 0.227 e. The van der Waals surface area contributed by atoms with Crippen LogP contribution in [0.15, 0.2) is 24.3 Å². The van der Waals surface area contributed by atoms with Gasteiger partial charge in [0.2, 0.25) is 11.8 Å². The first-order chi connectivity index (χ1) is 11.2. The van der Waals surface area contributed by atoms with Crippen LogP contribution in [0.4, 0.5) is 4.39 Å². The molecule has 1 fully saturated rings. The van der Waals surface area contributed by atoms with E-state index in [-0.39, 0.29) is 29.5 Å². The Morgan fingerprint density at radius 1 is 1.04 bits per heavy atom. The Morgan fingerprint density at radius 3 is 2.25 bits per heavy atom. The summed E-state index contributed by atoms with van der Waals surface area (Å²) in [5.74, 6) is -0.178. The quantitative estimate of drug-likeness (QED) is 0.853. The van der Waals surface area contributed by atoms with Crippen LogP contribution in [0.25, 0.3) is 0 Å². The zero-order valence-electron chi connectivity index (χ0n) is 14.8. The molecule has 0 aromatic heterocycles. The van der Waals surface area contributed by atoms with Gasteiger partial charge in [-0.25, -0.2) is 4.39 Å². The minimum absolute atomic E-state index is 0.00859. The van der Waals surface area contributed by atoms with Crippen LogP contribution < -0.4 is 0 Å². The van der Waals surface area contributed by atoms with Gasteiger partial charge in [0.1, 0.15) is 5.82 Å². The number of halogens is 1. The summed E-state index contributed by atoms with van der Waals surface area (Å²) in [5, 5.41) is 0. The van der Waals surface area contributed by atoms with Gasteiger partial charge in [-0.3, -0.25) is 9.59 Å². The normalized spacial score (nSPS) is 16.0. The second-order valence-corrected chi connectivity index (χ2v) is 7.66. The maximum absolute atomic E-state index is 13.2. The van der Waals surface area contributed by atoms with E-state index in [1.165, 1.54) is 12.1 Å². The van der Waals surface area contributed by atoms with E-state index in [1.807, 2.05) is 4.90 Å². The Balaban J connectivity index is 1.90. The van der Waals surface area contributed by atoms with Crippen LogP contribution in [0, 0.1) is 11.2 Å². The van der Waals surface area contributed by atoms with Crippen molar-refractivity contribution in [3.05, 3.63) is 35.6 Å². The summed E-state index contributed by atoms with van der Waals surface area (Å²) >= 11 is 0. The molecule has 0 aliphatic carbocycles. The highest BCUT2D eigenvalue weighted by atomic mass is 19.1. The Kier molecular flexibility index (Phi) is 5.97. The van der Waals surface area contributed by atoms with Gasteiger partial charge in [0.15, 0.2) is 0 Å². The van der Waals surface area contributed by atoms with Crippen LogP contribution in [0.2, 0.25) is 0 Å². The van der Waals surface area contributed by atoms with Gasteiger partial charge in [-0.2, -0.15) is 0 Å². The molecule has 0 N–H and O–H groups in total. The van der Waals surface area contributed by atoms with Crippen LogP contribution in [0.5, 0.6) is 0 Å². The summed E-state index contributed by atoms with van der Waals surface area (Å²) in [6, 6.07) is 6.15. The molecule has 2 amide bonds. The van der Waals surface area contributed by atoms with Crippen molar-refractivity contribution in [2.24, 2.45) is 5.41 Å². The highest BCUT2D eigenvalue weighted by Gasteiger charge is 2.25. The van der Waals surface area contributed by atoms with E-state index in [0.29, 0.717) is 38.2 Å². The van der Waals surface area contributed by atoms with Gasteiger partial charge < -0.3 is 9.80 Å². The van der Waals surface area contributed by atoms with Gasteiger partial charge in [-0.05, 0) is 29.5 Å². The summed E-state index contributed by atoms with van der Waals surface area (Å²) in [6.45, 7) is 8.62. The molecule has 132 valence electrons. The fraction of sp³-hybridized carbons (Fsp3) is 0.579. The van der Waals surface area contributed by atoms with E-state index < -0.39 is 0 Å². The Bertz CT molecular complexity index is 595. The Hall–Kier alpha value is -1.91. The van der Waals surface area contributed by atoms with Gasteiger partial charge in [0, 0.05) is 32.6 Å². The van der Waals surface area contributed by atoms with E-state index in [0.717, 1.165) is 6.42 Å². The third-order valence-corrected chi connectivity index (χ3v) is 4.13. The van der Waals surface area contributed by atoms with Crippen molar-refractivity contribution in [3.8, 4) is 0 Å². The minimum Gasteiger partial charge on any atom is -0.341 e. The molecule has 1 aliphatic heterocycles. The number of carbonyl (C=O) groups excluding carboxylic acids is 2. The average molecular weight is 334 g/mol. The molecular weight excluding hydrogens is 307 g/mol. The summed E-state index contributed by atoms with van der Waals surface area (Å²) in [4.78, 5) is 28.4. The second kappa shape index (κ2) is 7.77. The highest BCUT2D eigenvalue weighted by molar-refractivity contribution is 5.79. The lowest BCUT2D eigenvalue weighted by Gasteiger charge is -2.25. The smallest absolute Gasteiger partial charge is 0.227 e. The average Bonchev–Trinajstić information content (AvgIpc) is 2.71. The minimum atomic E-state index is -0.324. The fourth-order valence-electron chi connectivity index (χ4n) is 2.92. The number of rotatable bonds is 3. The molecule has 5 heteroatoms. The topological polar surface area (TPSA) is 40.6 Å². The molecule has 1 aromatic rings. The van der Waals surface area contributed by atoms with Crippen LogP contribution in [-0.4, -0.2) is 47.8 Å². The van der Waals surface area contributed by atoms with Crippen molar-refractivity contribution >= 4 is 11.8 Å². The second-order valence-electron chi connectivity index (χ2n) is 7.66. The third kappa shape index (κ3) is 5.62. The largest absolute Gasteiger partial charge is 0.341 e. The molecule has 1 aliphatic rings. The van der Waals surface area contributed by atoms with Crippen LogP contribution >= 0.6 is 0 Å². The molecule has 0 atom stereocenters. The molecule has 24 heavy (non-hydrogen) atoms. The number of benzene rings is 1. The molecule has 0 unspecified atom stereocenters. The van der Waals surface area contributed by atoms with E-state index in [1.54, 1.807) is 17.0 Å². The lowest BCUT2D eigenvalue weighted by atomic mass is 9.91. The fourth-order valence-corrected chi connectivity index (χ4v) is 2.92. The zero-order chi connectivity index (χ0) is 17.7. The van der Waals surface area contributed by atoms with Crippen LogP contribution in [0.3, 0.4) is 0 Å². The number of hydrogen-bond acceptors (Lipinski definition) is 2. The molecule has 1 aromatic carbocycles. The molecule has 1 saturated heterocycles. The number of carbonyl (C=O) groups is 2. The third-order valence-electron chi connectivity index (χ3n) is 4.13. The Morgan fingerprint density at radius 2 is 1.67 bits per heavy atom. The maximum atomic E-state index is 13.2. The summed E-state index contributed by atoms with van der Waals surface area (Å²) in [5.41, 5.74) is 0.654. The summed E-state index contributed by atoms with van der Waals surface area (Å²) in [6.07, 6.45) is 1.50. The number of amides is 2. The van der Waals surface area contributed by atoms with Crippen molar-refractivity contribution < 1.29 is 14.0 Å². The molecule has 4 nitrogen and oxygen atoms in total.